The summed E-state index contributed by atoms with van der Waals surface area (Å²) in [6.45, 7) is 7.86. The highest BCUT2D eigenvalue weighted by atomic mass is 127. The van der Waals surface area contributed by atoms with Crippen molar-refractivity contribution in [3.63, 3.8) is 0 Å². The topological polar surface area (TPSA) is 67.8 Å². The molecule has 0 bridgehead atoms. The highest BCUT2D eigenvalue weighted by molar-refractivity contribution is 14.0. The molecule has 2 aromatic carbocycles. The standard InChI is InChI=1S/C24H30N4O2.HI/c1-5-29-21-13-12-19(15-22(21)30-6-2)17(3)28-24(25-4)27-16-20-10-7-9-18-11-8-14-26-23(18)20;/h7-15,17H,5-6,16H2,1-4H3,(H2,25,27,28);1H. The lowest BCUT2D eigenvalue weighted by molar-refractivity contribution is 0.287. The SMILES string of the molecule is CCOc1ccc(C(C)NC(=NC)NCc2cccc3cccnc23)cc1OCC.I. The molecular weight excluding hydrogens is 503 g/mol. The summed E-state index contributed by atoms with van der Waals surface area (Å²) in [4.78, 5) is 8.89. The van der Waals surface area contributed by atoms with E-state index in [1.165, 1.54) is 0 Å². The molecule has 0 fully saturated rings. The fourth-order valence-electron chi connectivity index (χ4n) is 3.31. The van der Waals surface area contributed by atoms with E-state index in [1.54, 1.807) is 7.05 Å². The second kappa shape index (κ2) is 12.3. The summed E-state index contributed by atoms with van der Waals surface area (Å²) >= 11 is 0. The van der Waals surface area contributed by atoms with Gasteiger partial charge in [-0.15, -0.1) is 24.0 Å². The first-order valence-corrected chi connectivity index (χ1v) is 10.4. The molecule has 3 rings (SSSR count). The summed E-state index contributed by atoms with van der Waals surface area (Å²) in [5.74, 6) is 2.25. The van der Waals surface area contributed by atoms with E-state index in [0.29, 0.717) is 19.8 Å². The Labute approximate surface area is 201 Å². The highest BCUT2D eigenvalue weighted by Gasteiger charge is 2.13. The van der Waals surface area contributed by atoms with Gasteiger partial charge >= 0.3 is 0 Å². The van der Waals surface area contributed by atoms with Crippen LogP contribution in [0.15, 0.2) is 59.7 Å². The third-order valence-corrected chi connectivity index (χ3v) is 4.81. The number of benzene rings is 2. The van der Waals surface area contributed by atoms with Gasteiger partial charge < -0.3 is 20.1 Å². The van der Waals surface area contributed by atoms with Crippen LogP contribution in [0.1, 0.15) is 37.9 Å². The molecule has 31 heavy (non-hydrogen) atoms. The summed E-state index contributed by atoms with van der Waals surface area (Å²) in [5.41, 5.74) is 3.23. The van der Waals surface area contributed by atoms with Crippen molar-refractivity contribution >= 4 is 40.8 Å². The van der Waals surface area contributed by atoms with Crippen molar-refractivity contribution in [2.24, 2.45) is 4.99 Å². The van der Waals surface area contributed by atoms with E-state index in [9.17, 15) is 0 Å². The van der Waals surface area contributed by atoms with E-state index >= 15 is 0 Å². The molecule has 0 aliphatic rings. The number of aliphatic imine (C=N–C) groups is 1. The van der Waals surface area contributed by atoms with Crippen molar-refractivity contribution in [3.8, 4) is 11.5 Å². The number of nitrogens with zero attached hydrogens (tertiary/aromatic N) is 2. The van der Waals surface area contributed by atoms with Gasteiger partial charge in [0.15, 0.2) is 17.5 Å². The van der Waals surface area contributed by atoms with Crippen molar-refractivity contribution in [3.05, 3.63) is 65.9 Å². The minimum atomic E-state index is 0. The van der Waals surface area contributed by atoms with Crippen LogP contribution in [0, 0.1) is 0 Å². The number of guanidine groups is 1. The Morgan fingerprint density at radius 1 is 1.03 bits per heavy atom. The first-order valence-electron chi connectivity index (χ1n) is 10.4. The van der Waals surface area contributed by atoms with E-state index in [2.05, 4.69) is 51.8 Å². The van der Waals surface area contributed by atoms with E-state index < -0.39 is 0 Å². The third-order valence-electron chi connectivity index (χ3n) is 4.81. The molecule has 1 heterocycles. The fourth-order valence-corrected chi connectivity index (χ4v) is 3.31. The number of para-hydroxylation sites is 1. The normalized spacial score (nSPS) is 12.1. The summed E-state index contributed by atoms with van der Waals surface area (Å²) in [6.07, 6.45) is 1.82. The van der Waals surface area contributed by atoms with Crippen LogP contribution in [-0.2, 0) is 6.54 Å². The van der Waals surface area contributed by atoms with Crippen LogP contribution < -0.4 is 20.1 Å². The van der Waals surface area contributed by atoms with Gasteiger partial charge in [-0.2, -0.15) is 0 Å². The molecule has 166 valence electrons. The smallest absolute Gasteiger partial charge is 0.191 e. The van der Waals surface area contributed by atoms with Gasteiger partial charge in [-0.05, 0) is 50.1 Å². The predicted octanol–water partition coefficient (Wildman–Crippen LogP) is 5.08. The van der Waals surface area contributed by atoms with Crippen LogP contribution in [0.5, 0.6) is 11.5 Å². The zero-order valence-corrected chi connectivity index (χ0v) is 20.8. The lowest BCUT2D eigenvalue weighted by Gasteiger charge is -2.20. The van der Waals surface area contributed by atoms with E-state index in [4.69, 9.17) is 9.47 Å². The van der Waals surface area contributed by atoms with Gasteiger partial charge in [-0.25, -0.2) is 0 Å². The van der Waals surface area contributed by atoms with Crippen molar-refractivity contribution in [2.75, 3.05) is 20.3 Å². The number of aromatic nitrogens is 1. The van der Waals surface area contributed by atoms with Crippen molar-refractivity contribution in [1.82, 2.24) is 15.6 Å². The molecule has 0 amide bonds. The van der Waals surface area contributed by atoms with Crippen LogP contribution in [0.25, 0.3) is 10.9 Å². The molecule has 7 heteroatoms. The summed E-state index contributed by atoms with van der Waals surface area (Å²) < 4.78 is 11.4. The van der Waals surface area contributed by atoms with Gasteiger partial charge in [0.2, 0.25) is 0 Å². The van der Waals surface area contributed by atoms with Gasteiger partial charge in [0, 0.05) is 25.2 Å². The average Bonchev–Trinajstić information content (AvgIpc) is 2.78. The van der Waals surface area contributed by atoms with Crippen LogP contribution in [0.2, 0.25) is 0 Å². The molecule has 0 saturated carbocycles. The number of pyridine rings is 1. The Morgan fingerprint density at radius 3 is 2.52 bits per heavy atom. The molecule has 1 aromatic heterocycles. The highest BCUT2D eigenvalue weighted by Crippen LogP contribution is 2.30. The lowest BCUT2D eigenvalue weighted by atomic mass is 10.1. The minimum absolute atomic E-state index is 0. The molecule has 1 atom stereocenters. The van der Waals surface area contributed by atoms with Gasteiger partial charge in [-0.1, -0.05) is 30.3 Å². The molecule has 0 spiro atoms. The summed E-state index contributed by atoms with van der Waals surface area (Å²) in [6, 6.07) is 16.3. The number of fused-ring (bicyclic) bond motifs is 1. The average molecular weight is 534 g/mol. The van der Waals surface area contributed by atoms with Gasteiger partial charge in [0.05, 0.1) is 24.8 Å². The molecule has 0 aliphatic heterocycles. The Morgan fingerprint density at radius 2 is 1.77 bits per heavy atom. The Hall–Kier alpha value is -2.55. The lowest BCUT2D eigenvalue weighted by Crippen LogP contribution is -2.38. The number of hydrogen-bond acceptors (Lipinski definition) is 4. The number of hydrogen-bond donors (Lipinski definition) is 2. The second-order valence-electron chi connectivity index (χ2n) is 6.86. The molecular formula is C24H31IN4O2. The molecule has 1 unspecified atom stereocenters. The van der Waals surface area contributed by atoms with Crippen LogP contribution >= 0.6 is 24.0 Å². The maximum atomic E-state index is 5.75. The van der Waals surface area contributed by atoms with Gasteiger partial charge in [0.25, 0.3) is 0 Å². The van der Waals surface area contributed by atoms with Crippen molar-refractivity contribution in [2.45, 2.75) is 33.4 Å². The molecule has 0 saturated heterocycles. The van der Waals surface area contributed by atoms with E-state index in [1.807, 2.05) is 44.3 Å². The van der Waals surface area contributed by atoms with E-state index in [0.717, 1.165) is 39.5 Å². The molecule has 6 nitrogen and oxygen atoms in total. The maximum Gasteiger partial charge on any atom is 0.191 e. The zero-order chi connectivity index (χ0) is 21.3. The minimum Gasteiger partial charge on any atom is -0.490 e. The number of halogens is 1. The Bertz CT molecular complexity index is 1000. The monoisotopic (exact) mass is 534 g/mol. The first-order chi connectivity index (χ1) is 14.7. The second-order valence-corrected chi connectivity index (χ2v) is 6.86. The molecule has 2 N–H and O–H groups in total. The largest absolute Gasteiger partial charge is 0.490 e. The number of rotatable bonds is 8. The Kier molecular flexibility index (Phi) is 9.84. The van der Waals surface area contributed by atoms with Crippen LogP contribution in [-0.4, -0.2) is 31.2 Å². The van der Waals surface area contributed by atoms with Crippen LogP contribution in [0.4, 0.5) is 0 Å². The molecule has 0 radical (unpaired) electrons. The first kappa shape index (κ1) is 24.7. The summed E-state index contributed by atoms with van der Waals surface area (Å²) in [5, 5.41) is 7.97. The fraction of sp³-hybridized carbons (Fsp3) is 0.333. The van der Waals surface area contributed by atoms with E-state index in [-0.39, 0.29) is 30.0 Å². The van der Waals surface area contributed by atoms with Crippen molar-refractivity contribution in [1.29, 1.82) is 0 Å². The van der Waals surface area contributed by atoms with Crippen LogP contribution in [0.3, 0.4) is 0 Å². The quantitative estimate of drug-likeness (QED) is 0.240. The Balaban J connectivity index is 0.00000341. The van der Waals surface area contributed by atoms with Gasteiger partial charge in [-0.3, -0.25) is 9.98 Å². The molecule has 3 aromatic rings. The molecule has 0 aliphatic carbocycles. The maximum absolute atomic E-state index is 5.75. The van der Waals surface area contributed by atoms with Crippen molar-refractivity contribution < 1.29 is 9.47 Å². The summed E-state index contributed by atoms with van der Waals surface area (Å²) in [7, 11) is 1.77. The third kappa shape index (κ3) is 6.46. The predicted molar refractivity (Wildman–Crippen MR) is 138 cm³/mol. The zero-order valence-electron chi connectivity index (χ0n) is 18.5. The number of ether oxygens (including phenoxy) is 2. The van der Waals surface area contributed by atoms with Gasteiger partial charge in [0.1, 0.15) is 0 Å². The number of nitrogens with one attached hydrogen (secondary N) is 2.